The summed E-state index contributed by atoms with van der Waals surface area (Å²) < 4.78 is 5.49. The maximum Gasteiger partial charge on any atom is 0.332 e. The lowest BCUT2D eigenvalue weighted by atomic mass is 10.2. The van der Waals surface area contributed by atoms with Crippen LogP contribution in [0.25, 0.3) is 11.0 Å². The van der Waals surface area contributed by atoms with Gasteiger partial charge in [-0.3, -0.25) is 0 Å². The largest absolute Gasteiger partial charge is 0.479 e. The fourth-order valence-corrected chi connectivity index (χ4v) is 2.37. The van der Waals surface area contributed by atoms with E-state index in [2.05, 4.69) is 9.97 Å². The van der Waals surface area contributed by atoms with Gasteiger partial charge in [0, 0.05) is 0 Å². The maximum atomic E-state index is 10.8. The standard InChI is InChI=1S/C13H14N2O3/c1-7-3-2-4-8-11(7)15-12(14-8)9-5-6-10(18-9)13(16)17/h2-4,9-10H,5-6H2,1H3,(H,14,15)(H,16,17). The van der Waals surface area contributed by atoms with Crippen molar-refractivity contribution in [3.63, 3.8) is 0 Å². The Morgan fingerprint density at radius 2 is 2.33 bits per heavy atom. The summed E-state index contributed by atoms with van der Waals surface area (Å²) in [7, 11) is 0. The SMILES string of the molecule is Cc1cccc2[nH]c(C3CCC(C(=O)O)O3)nc12. The minimum Gasteiger partial charge on any atom is -0.479 e. The van der Waals surface area contributed by atoms with E-state index >= 15 is 0 Å². The zero-order valence-electron chi connectivity index (χ0n) is 10.0. The number of fused-ring (bicyclic) bond motifs is 1. The van der Waals surface area contributed by atoms with Gasteiger partial charge in [-0.05, 0) is 31.4 Å². The fourth-order valence-electron chi connectivity index (χ4n) is 2.37. The molecule has 2 aromatic rings. The number of aromatic amines is 1. The number of nitrogens with one attached hydrogen (secondary N) is 1. The third kappa shape index (κ3) is 1.76. The summed E-state index contributed by atoms with van der Waals surface area (Å²) in [5.41, 5.74) is 2.99. The van der Waals surface area contributed by atoms with E-state index in [1.54, 1.807) is 0 Å². The Kier molecular flexibility index (Phi) is 2.56. The average molecular weight is 246 g/mol. The second kappa shape index (κ2) is 4.10. The number of benzene rings is 1. The van der Waals surface area contributed by atoms with Crippen molar-refractivity contribution in [2.24, 2.45) is 0 Å². The molecule has 0 bridgehead atoms. The van der Waals surface area contributed by atoms with Crippen LogP contribution in [0.2, 0.25) is 0 Å². The van der Waals surface area contributed by atoms with Crippen molar-refractivity contribution in [1.82, 2.24) is 9.97 Å². The van der Waals surface area contributed by atoms with Gasteiger partial charge in [0.05, 0.1) is 11.0 Å². The van der Waals surface area contributed by atoms with Crippen LogP contribution in [0.4, 0.5) is 0 Å². The molecule has 1 aromatic carbocycles. The van der Waals surface area contributed by atoms with E-state index in [0.29, 0.717) is 12.8 Å². The molecule has 94 valence electrons. The number of imidazole rings is 1. The summed E-state index contributed by atoms with van der Waals surface area (Å²) in [6, 6.07) is 5.93. The first-order chi connectivity index (χ1) is 8.65. The lowest BCUT2D eigenvalue weighted by Crippen LogP contribution is -2.18. The highest BCUT2D eigenvalue weighted by Gasteiger charge is 2.33. The normalized spacial score (nSPS) is 23.6. The van der Waals surface area contributed by atoms with Gasteiger partial charge in [0.2, 0.25) is 0 Å². The predicted molar refractivity (Wildman–Crippen MR) is 65.3 cm³/mol. The predicted octanol–water partition coefficient (Wildman–Crippen LogP) is 2.18. The maximum absolute atomic E-state index is 10.8. The molecule has 1 aliphatic rings. The van der Waals surface area contributed by atoms with Crippen LogP contribution < -0.4 is 0 Å². The zero-order chi connectivity index (χ0) is 12.7. The Labute approximate surface area is 104 Å². The Bertz CT molecular complexity index is 605. The van der Waals surface area contributed by atoms with E-state index in [-0.39, 0.29) is 6.10 Å². The number of aliphatic carboxylic acids is 1. The number of carboxylic acid groups (broad SMARTS) is 1. The minimum absolute atomic E-state index is 0.238. The van der Waals surface area contributed by atoms with Gasteiger partial charge in [0.15, 0.2) is 6.10 Å². The number of ether oxygens (including phenoxy) is 1. The molecule has 0 radical (unpaired) electrons. The highest BCUT2D eigenvalue weighted by atomic mass is 16.5. The Hall–Kier alpha value is -1.88. The molecular weight excluding hydrogens is 232 g/mol. The smallest absolute Gasteiger partial charge is 0.332 e. The molecule has 1 aromatic heterocycles. The molecule has 0 amide bonds. The molecule has 2 N–H and O–H groups in total. The Morgan fingerprint density at radius 1 is 1.50 bits per heavy atom. The van der Waals surface area contributed by atoms with Gasteiger partial charge in [0.1, 0.15) is 11.9 Å². The van der Waals surface area contributed by atoms with Gasteiger partial charge in [-0.1, -0.05) is 12.1 Å². The molecule has 2 atom stereocenters. The van der Waals surface area contributed by atoms with E-state index in [4.69, 9.17) is 9.84 Å². The van der Waals surface area contributed by atoms with Gasteiger partial charge in [-0.15, -0.1) is 0 Å². The van der Waals surface area contributed by atoms with E-state index in [0.717, 1.165) is 22.4 Å². The van der Waals surface area contributed by atoms with Crippen LogP contribution in [0.15, 0.2) is 18.2 Å². The summed E-state index contributed by atoms with van der Waals surface area (Å²) in [4.78, 5) is 18.6. The van der Waals surface area contributed by atoms with E-state index < -0.39 is 12.1 Å². The number of aryl methyl sites for hydroxylation is 1. The molecule has 0 spiro atoms. The summed E-state index contributed by atoms with van der Waals surface area (Å²) in [6.07, 6.45) is 0.286. The molecule has 5 nitrogen and oxygen atoms in total. The molecule has 0 saturated carbocycles. The van der Waals surface area contributed by atoms with Gasteiger partial charge in [-0.2, -0.15) is 0 Å². The van der Waals surface area contributed by atoms with Gasteiger partial charge in [0.25, 0.3) is 0 Å². The van der Waals surface area contributed by atoms with Crippen molar-refractivity contribution >= 4 is 17.0 Å². The molecule has 1 fully saturated rings. The molecule has 0 aliphatic carbocycles. The number of hydrogen-bond donors (Lipinski definition) is 2. The van der Waals surface area contributed by atoms with Crippen LogP contribution in [-0.4, -0.2) is 27.1 Å². The van der Waals surface area contributed by atoms with Crippen LogP contribution in [0.1, 0.15) is 30.3 Å². The number of para-hydroxylation sites is 1. The van der Waals surface area contributed by atoms with Crippen molar-refractivity contribution in [2.45, 2.75) is 32.0 Å². The van der Waals surface area contributed by atoms with Crippen LogP contribution in [0, 0.1) is 6.92 Å². The molecule has 2 unspecified atom stereocenters. The van der Waals surface area contributed by atoms with Crippen molar-refractivity contribution < 1.29 is 14.6 Å². The Morgan fingerprint density at radius 3 is 3.00 bits per heavy atom. The van der Waals surface area contributed by atoms with Gasteiger partial charge >= 0.3 is 5.97 Å². The van der Waals surface area contributed by atoms with Gasteiger partial charge < -0.3 is 14.8 Å². The number of carboxylic acids is 1. The third-order valence-corrected chi connectivity index (χ3v) is 3.33. The second-order valence-corrected chi connectivity index (χ2v) is 4.62. The number of nitrogens with zero attached hydrogens (tertiary/aromatic N) is 1. The molecule has 1 aliphatic heterocycles. The Balaban J connectivity index is 1.92. The number of rotatable bonds is 2. The lowest BCUT2D eigenvalue weighted by molar-refractivity contribution is -0.149. The van der Waals surface area contributed by atoms with E-state index in [9.17, 15) is 4.79 Å². The molecule has 3 rings (SSSR count). The topological polar surface area (TPSA) is 75.2 Å². The third-order valence-electron chi connectivity index (χ3n) is 3.33. The van der Waals surface area contributed by atoms with Crippen molar-refractivity contribution in [3.8, 4) is 0 Å². The number of carbonyl (C=O) groups is 1. The zero-order valence-corrected chi connectivity index (χ0v) is 10.0. The van der Waals surface area contributed by atoms with Crippen LogP contribution in [-0.2, 0) is 9.53 Å². The number of aromatic nitrogens is 2. The lowest BCUT2D eigenvalue weighted by Gasteiger charge is -2.07. The number of hydrogen-bond acceptors (Lipinski definition) is 3. The van der Waals surface area contributed by atoms with Crippen molar-refractivity contribution in [1.29, 1.82) is 0 Å². The van der Waals surface area contributed by atoms with Crippen LogP contribution in [0.3, 0.4) is 0 Å². The highest BCUT2D eigenvalue weighted by molar-refractivity contribution is 5.78. The van der Waals surface area contributed by atoms with Crippen molar-refractivity contribution in [3.05, 3.63) is 29.6 Å². The quantitative estimate of drug-likeness (QED) is 0.851. The first kappa shape index (κ1) is 11.2. The summed E-state index contributed by atoms with van der Waals surface area (Å²) >= 11 is 0. The summed E-state index contributed by atoms with van der Waals surface area (Å²) in [5, 5.41) is 8.91. The molecule has 2 heterocycles. The van der Waals surface area contributed by atoms with Gasteiger partial charge in [-0.25, -0.2) is 9.78 Å². The first-order valence-corrected chi connectivity index (χ1v) is 5.98. The number of H-pyrrole nitrogens is 1. The molecular formula is C13H14N2O3. The van der Waals surface area contributed by atoms with Crippen LogP contribution in [0.5, 0.6) is 0 Å². The summed E-state index contributed by atoms with van der Waals surface area (Å²) in [5.74, 6) is -0.173. The molecule has 18 heavy (non-hydrogen) atoms. The van der Waals surface area contributed by atoms with Crippen LogP contribution >= 0.6 is 0 Å². The molecule has 5 heteroatoms. The molecule has 1 saturated heterocycles. The first-order valence-electron chi connectivity index (χ1n) is 5.98. The second-order valence-electron chi connectivity index (χ2n) is 4.62. The minimum atomic E-state index is -0.898. The summed E-state index contributed by atoms with van der Waals surface area (Å²) in [6.45, 7) is 2.00. The highest BCUT2D eigenvalue weighted by Crippen LogP contribution is 2.32. The average Bonchev–Trinajstić information content (AvgIpc) is 2.95. The fraction of sp³-hybridized carbons (Fsp3) is 0.385. The van der Waals surface area contributed by atoms with E-state index in [1.807, 2.05) is 25.1 Å². The van der Waals surface area contributed by atoms with Crippen molar-refractivity contribution in [2.75, 3.05) is 0 Å². The monoisotopic (exact) mass is 246 g/mol. The van der Waals surface area contributed by atoms with E-state index in [1.165, 1.54) is 0 Å².